The maximum Gasteiger partial charge on any atom is 0.338 e. The molecule has 2 rings (SSSR count). The molecule has 0 unspecified atom stereocenters. The highest BCUT2D eigenvalue weighted by atomic mass is 16.5. The van der Waals surface area contributed by atoms with Crippen molar-refractivity contribution >= 4 is 17.8 Å². The lowest BCUT2D eigenvalue weighted by Gasteiger charge is -2.13. The van der Waals surface area contributed by atoms with Crippen molar-refractivity contribution in [2.75, 3.05) is 6.61 Å². The molecule has 2 amide bonds. The van der Waals surface area contributed by atoms with Gasteiger partial charge in [0.25, 0.3) is 0 Å². The van der Waals surface area contributed by atoms with Crippen LogP contribution < -0.4 is 15.4 Å². The first kappa shape index (κ1) is 22.9. The lowest BCUT2D eigenvalue weighted by Crippen LogP contribution is -2.39. The number of esters is 1. The van der Waals surface area contributed by atoms with Gasteiger partial charge in [-0.25, -0.2) is 9.59 Å². The molecule has 2 aromatic carbocycles. The van der Waals surface area contributed by atoms with E-state index >= 15 is 0 Å². The summed E-state index contributed by atoms with van der Waals surface area (Å²) in [4.78, 5) is 36.5. The summed E-state index contributed by atoms with van der Waals surface area (Å²) in [7, 11) is 0. The molecule has 1 atom stereocenters. The fourth-order valence-corrected chi connectivity index (χ4v) is 2.65. The zero-order chi connectivity index (χ0) is 22.1. The summed E-state index contributed by atoms with van der Waals surface area (Å²) in [5, 5.41) is 5.47. The van der Waals surface area contributed by atoms with E-state index in [-0.39, 0.29) is 17.9 Å². The van der Waals surface area contributed by atoms with Gasteiger partial charge in [-0.05, 0) is 69.7 Å². The molecule has 2 aromatic rings. The Morgan fingerprint density at radius 1 is 0.900 bits per heavy atom. The minimum atomic E-state index is -0.920. The first-order chi connectivity index (χ1) is 14.3. The first-order valence-electron chi connectivity index (χ1n) is 9.91. The molecule has 0 aromatic heterocycles. The smallest absolute Gasteiger partial charge is 0.338 e. The number of carbonyl (C=O) groups is 3. The Morgan fingerprint density at radius 3 is 2.07 bits per heavy atom. The van der Waals surface area contributed by atoms with Gasteiger partial charge in [0.1, 0.15) is 5.75 Å². The van der Waals surface area contributed by atoms with Crippen LogP contribution >= 0.6 is 0 Å². The van der Waals surface area contributed by atoms with Gasteiger partial charge in [0, 0.05) is 18.2 Å². The van der Waals surface area contributed by atoms with Gasteiger partial charge in [0.05, 0.1) is 12.2 Å². The third-order valence-corrected chi connectivity index (χ3v) is 4.17. The van der Waals surface area contributed by atoms with Crippen molar-refractivity contribution < 1.29 is 23.9 Å². The summed E-state index contributed by atoms with van der Waals surface area (Å²) in [6.07, 6.45) is -0.920. The van der Waals surface area contributed by atoms with Crippen LogP contribution in [0.4, 0.5) is 4.79 Å². The predicted molar refractivity (Wildman–Crippen MR) is 114 cm³/mol. The van der Waals surface area contributed by atoms with Gasteiger partial charge in [-0.3, -0.25) is 4.79 Å². The van der Waals surface area contributed by atoms with E-state index in [0.29, 0.717) is 30.0 Å². The van der Waals surface area contributed by atoms with Crippen molar-refractivity contribution in [3.8, 4) is 5.75 Å². The minimum Gasteiger partial charge on any atom is -0.494 e. The maximum atomic E-state index is 12.5. The Balaban J connectivity index is 1.90. The van der Waals surface area contributed by atoms with E-state index in [2.05, 4.69) is 10.6 Å². The highest BCUT2D eigenvalue weighted by Crippen LogP contribution is 2.15. The molecule has 7 nitrogen and oxygen atoms in total. The third-order valence-electron chi connectivity index (χ3n) is 4.17. The van der Waals surface area contributed by atoms with Crippen LogP contribution in [0.3, 0.4) is 0 Å². The zero-order valence-corrected chi connectivity index (χ0v) is 17.7. The van der Waals surface area contributed by atoms with Crippen LogP contribution in [0.15, 0.2) is 48.5 Å². The van der Waals surface area contributed by atoms with E-state index in [4.69, 9.17) is 9.47 Å². The Morgan fingerprint density at radius 2 is 1.50 bits per heavy atom. The zero-order valence-electron chi connectivity index (χ0n) is 17.7. The number of hydrogen-bond acceptors (Lipinski definition) is 5. The monoisotopic (exact) mass is 412 g/mol. The number of amides is 2. The van der Waals surface area contributed by atoms with Gasteiger partial charge in [0.15, 0.2) is 6.10 Å². The Bertz CT molecular complexity index is 860. The van der Waals surface area contributed by atoms with Crippen molar-refractivity contribution in [2.24, 2.45) is 0 Å². The molecular weight excluding hydrogens is 384 g/mol. The number of Topliss-reactive ketones (excluding diaryl/α,β-unsaturated/α-hetero) is 1. The molecule has 0 aliphatic carbocycles. The van der Waals surface area contributed by atoms with Crippen LogP contribution in [0.5, 0.6) is 5.75 Å². The second kappa shape index (κ2) is 11.0. The summed E-state index contributed by atoms with van der Waals surface area (Å²) in [6, 6.07) is 13.2. The summed E-state index contributed by atoms with van der Waals surface area (Å²) in [5.74, 6) is -0.197. The second-order valence-corrected chi connectivity index (χ2v) is 7.05. The predicted octanol–water partition coefficient (Wildman–Crippen LogP) is 3.72. The molecule has 160 valence electrons. The van der Waals surface area contributed by atoms with Gasteiger partial charge < -0.3 is 20.1 Å². The van der Waals surface area contributed by atoms with Crippen molar-refractivity contribution in [3.63, 3.8) is 0 Å². The highest BCUT2D eigenvalue weighted by Gasteiger charge is 2.20. The molecule has 0 saturated heterocycles. The number of benzene rings is 2. The van der Waals surface area contributed by atoms with Crippen LogP contribution in [0, 0.1) is 0 Å². The Kier molecular flexibility index (Phi) is 8.41. The minimum absolute atomic E-state index is 0.0504. The van der Waals surface area contributed by atoms with Crippen molar-refractivity contribution in [3.05, 3.63) is 65.2 Å². The van der Waals surface area contributed by atoms with Gasteiger partial charge in [-0.2, -0.15) is 0 Å². The van der Waals surface area contributed by atoms with Crippen molar-refractivity contribution in [2.45, 2.75) is 46.4 Å². The van der Waals surface area contributed by atoms with Crippen molar-refractivity contribution in [1.29, 1.82) is 0 Å². The van der Waals surface area contributed by atoms with E-state index in [0.717, 1.165) is 5.56 Å². The average molecular weight is 412 g/mol. The molecule has 0 radical (unpaired) electrons. The van der Waals surface area contributed by atoms with E-state index in [9.17, 15) is 14.4 Å². The SMILES string of the molecule is CCOc1ccc(C(=O)[C@H](C)OC(=O)c2ccc(CNC(=O)NC(C)C)cc2)cc1. The number of ether oxygens (including phenoxy) is 2. The Labute approximate surface area is 176 Å². The molecule has 30 heavy (non-hydrogen) atoms. The molecule has 0 heterocycles. The maximum absolute atomic E-state index is 12.5. The summed E-state index contributed by atoms with van der Waals surface area (Å²) in [5.41, 5.74) is 1.61. The van der Waals surface area contributed by atoms with Gasteiger partial charge in [-0.1, -0.05) is 12.1 Å². The number of rotatable bonds is 9. The number of hydrogen-bond donors (Lipinski definition) is 2. The fourth-order valence-electron chi connectivity index (χ4n) is 2.65. The van der Waals surface area contributed by atoms with Crippen LogP contribution in [-0.2, 0) is 11.3 Å². The molecule has 0 aliphatic rings. The van der Waals surface area contributed by atoms with Crippen LogP contribution in [0.1, 0.15) is 54.0 Å². The molecular formula is C23H28N2O5. The highest BCUT2D eigenvalue weighted by molar-refractivity contribution is 6.01. The summed E-state index contributed by atoms with van der Waals surface area (Å²) < 4.78 is 10.7. The molecule has 7 heteroatoms. The molecule has 0 spiro atoms. The van der Waals surface area contributed by atoms with E-state index in [1.54, 1.807) is 55.5 Å². The van der Waals surface area contributed by atoms with E-state index in [1.165, 1.54) is 0 Å². The van der Waals surface area contributed by atoms with E-state index in [1.807, 2.05) is 20.8 Å². The van der Waals surface area contributed by atoms with Crippen LogP contribution in [-0.4, -0.2) is 36.5 Å². The van der Waals surface area contributed by atoms with E-state index < -0.39 is 12.1 Å². The first-order valence-corrected chi connectivity index (χ1v) is 9.91. The molecule has 0 bridgehead atoms. The number of ketones is 1. The second-order valence-electron chi connectivity index (χ2n) is 7.05. The summed E-state index contributed by atoms with van der Waals surface area (Å²) >= 11 is 0. The quantitative estimate of drug-likeness (QED) is 0.484. The molecule has 0 saturated carbocycles. The standard InChI is InChI=1S/C23H28N2O5/c1-5-29-20-12-10-18(11-13-20)21(26)16(4)30-22(27)19-8-6-17(7-9-19)14-24-23(28)25-15(2)3/h6-13,15-16H,5,14H2,1-4H3,(H2,24,25,28)/t16-/m0/s1. The molecule has 0 fully saturated rings. The van der Waals surface area contributed by atoms with Crippen LogP contribution in [0.25, 0.3) is 0 Å². The largest absolute Gasteiger partial charge is 0.494 e. The topological polar surface area (TPSA) is 93.7 Å². The number of urea groups is 1. The lowest BCUT2D eigenvalue weighted by molar-refractivity contribution is 0.0318. The Hall–Kier alpha value is -3.35. The normalized spacial score (nSPS) is 11.5. The molecule has 2 N–H and O–H groups in total. The number of nitrogens with one attached hydrogen (secondary N) is 2. The van der Waals surface area contributed by atoms with Gasteiger partial charge in [0.2, 0.25) is 5.78 Å². The third kappa shape index (κ3) is 6.92. The van der Waals surface area contributed by atoms with Gasteiger partial charge >= 0.3 is 12.0 Å². The summed E-state index contributed by atoms with van der Waals surface area (Å²) in [6.45, 7) is 8.06. The number of carbonyl (C=O) groups excluding carboxylic acids is 3. The lowest BCUT2D eigenvalue weighted by atomic mass is 10.1. The molecule has 0 aliphatic heterocycles. The van der Waals surface area contributed by atoms with Crippen LogP contribution in [0.2, 0.25) is 0 Å². The van der Waals surface area contributed by atoms with Crippen molar-refractivity contribution in [1.82, 2.24) is 10.6 Å². The average Bonchev–Trinajstić information content (AvgIpc) is 2.72. The van der Waals surface area contributed by atoms with Gasteiger partial charge in [-0.15, -0.1) is 0 Å². The fraction of sp³-hybridized carbons (Fsp3) is 0.348.